The molecule has 0 spiro atoms. The maximum Gasteiger partial charge on any atom is 0.346 e. The Morgan fingerprint density at radius 1 is 1.44 bits per heavy atom. The van der Waals surface area contributed by atoms with Crippen LogP contribution in [0.2, 0.25) is 5.02 Å². The smallest absolute Gasteiger partial charge is 0.341 e. The molecule has 0 radical (unpaired) electrons. The predicted octanol–water partition coefficient (Wildman–Crippen LogP) is 2.68. The van der Waals surface area contributed by atoms with Crippen LogP contribution in [0.3, 0.4) is 0 Å². The van der Waals surface area contributed by atoms with Crippen molar-refractivity contribution in [3.8, 4) is 0 Å². The van der Waals surface area contributed by atoms with E-state index in [0.29, 0.717) is 16.5 Å². The van der Waals surface area contributed by atoms with Gasteiger partial charge in [0.2, 0.25) is 0 Å². The molecule has 0 saturated carbocycles. The summed E-state index contributed by atoms with van der Waals surface area (Å²) in [6.45, 7) is 1.66. The lowest BCUT2D eigenvalue weighted by Gasteiger charge is -2.04. The van der Waals surface area contributed by atoms with Crippen molar-refractivity contribution in [3.63, 3.8) is 0 Å². The van der Waals surface area contributed by atoms with Gasteiger partial charge in [0.15, 0.2) is 0 Å². The first-order valence-electron chi connectivity index (χ1n) is 4.44. The van der Waals surface area contributed by atoms with Gasteiger partial charge in [-0.15, -0.1) is 11.6 Å². The molecular weight excluding hydrogens is 251 g/mol. The zero-order valence-corrected chi connectivity index (χ0v) is 10.0. The fourth-order valence-electron chi connectivity index (χ4n) is 0.890. The van der Waals surface area contributed by atoms with E-state index in [0.717, 1.165) is 0 Å². The van der Waals surface area contributed by atoms with Crippen LogP contribution in [0.25, 0.3) is 0 Å². The summed E-state index contributed by atoms with van der Waals surface area (Å²) < 4.78 is 0. The van der Waals surface area contributed by atoms with Gasteiger partial charge in [-0.1, -0.05) is 11.6 Å². The molecule has 0 aromatic heterocycles. The Kier molecular flexibility index (Phi) is 5.08. The van der Waals surface area contributed by atoms with Crippen LogP contribution in [0.5, 0.6) is 0 Å². The third-order valence-electron chi connectivity index (χ3n) is 1.55. The van der Waals surface area contributed by atoms with Gasteiger partial charge in [-0.2, -0.15) is 0 Å². The minimum Gasteiger partial charge on any atom is -0.341 e. The summed E-state index contributed by atoms with van der Waals surface area (Å²) in [7, 11) is 0. The standard InChI is InChI=1S/C10H10Cl2N2O2/c1-7(14-16-10(15)6-11)13-9-4-2-8(12)3-5-9/h2-5H,6H2,1H3,(H,13,14). The minimum atomic E-state index is -0.563. The van der Waals surface area contributed by atoms with E-state index in [1.165, 1.54) is 0 Å². The highest BCUT2D eigenvalue weighted by Gasteiger charge is 2.00. The SMILES string of the molecule is CC(=Nc1ccc(Cl)cc1)NOC(=O)CCl. The first kappa shape index (κ1) is 12.8. The van der Waals surface area contributed by atoms with Gasteiger partial charge in [0.05, 0.1) is 5.69 Å². The average molecular weight is 261 g/mol. The van der Waals surface area contributed by atoms with E-state index in [2.05, 4.69) is 15.3 Å². The van der Waals surface area contributed by atoms with Crippen LogP contribution in [0, 0.1) is 0 Å². The number of hydrogen-bond donors (Lipinski definition) is 1. The number of carbonyl (C=O) groups is 1. The molecule has 0 unspecified atom stereocenters. The van der Waals surface area contributed by atoms with Crippen LogP contribution in [-0.4, -0.2) is 17.7 Å². The molecule has 1 aromatic rings. The number of halogens is 2. The molecule has 86 valence electrons. The number of nitrogens with one attached hydrogen (secondary N) is 1. The number of benzene rings is 1. The van der Waals surface area contributed by atoms with E-state index < -0.39 is 5.97 Å². The molecule has 0 amide bonds. The van der Waals surface area contributed by atoms with Crippen molar-refractivity contribution < 1.29 is 9.63 Å². The summed E-state index contributed by atoms with van der Waals surface area (Å²) in [5.74, 6) is -0.325. The second kappa shape index (κ2) is 6.35. The van der Waals surface area contributed by atoms with Crippen molar-refractivity contribution >= 4 is 40.7 Å². The van der Waals surface area contributed by atoms with Crippen molar-refractivity contribution in [2.75, 3.05) is 5.88 Å². The molecule has 6 heteroatoms. The lowest BCUT2D eigenvalue weighted by atomic mass is 10.3. The van der Waals surface area contributed by atoms with Crippen LogP contribution in [0.1, 0.15) is 6.92 Å². The Bertz CT molecular complexity index is 390. The third-order valence-corrected chi connectivity index (χ3v) is 2.02. The lowest BCUT2D eigenvalue weighted by Crippen LogP contribution is -2.25. The maximum atomic E-state index is 10.7. The molecule has 0 aliphatic rings. The monoisotopic (exact) mass is 260 g/mol. The Morgan fingerprint density at radius 2 is 2.06 bits per heavy atom. The minimum absolute atomic E-state index is 0.207. The van der Waals surface area contributed by atoms with Gasteiger partial charge in [-0.05, 0) is 31.2 Å². The fraction of sp³-hybridized carbons (Fsp3) is 0.200. The summed E-state index contributed by atoms with van der Waals surface area (Å²) in [4.78, 5) is 19.4. The summed E-state index contributed by atoms with van der Waals surface area (Å²) in [6, 6.07) is 6.94. The number of amidine groups is 1. The largest absolute Gasteiger partial charge is 0.346 e. The Morgan fingerprint density at radius 3 is 2.62 bits per heavy atom. The first-order chi connectivity index (χ1) is 7.61. The van der Waals surface area contributed by atoms with E-state index in [9.17, 15) is 4.79 Å². The van der Waals surface area contributed by atoms with Crippen LogP contribution < -0.4 is 5.48 Å². The highest BCUT2D eigenvalue weighted by molar-refractivity contribution is 6.30. The van der Waals surface area contributed by atoms with E-state index in [1.54, 1.807) is 31.2 Å². The predicted molar refractivity (Wildman–Crippen MR) is 64.2 cm³/mol. The normalized spacial score (nSPS) is 11.1. The molecule has 0 heterocycles. The first-order valence-corrected chi connectivity index (χ1v) is 5.35. The van der Waals surface area contributed by atoms with Gasteiger partial charge in [0.1, 0.15) is 11.7 Å². The second-order valence-corrected chi connectivity index (χ2v) is 3.59. The van der Waals surface area contributed by atoms with Gasteiger partial charge in [0.25, 0.3) is 0 Å². The topological polar surface area (TPSA) is 50.7 Å². The number of aliphatic imine (C=N–C) groups is 1. The number of alkyl halides is 1. The van der Waals surface area contributed by atoms with Crippen LogP contribution in [0.4, 0.5) is 5.69 Å². The molecule has 0 bridgehead atoms. The summed E-state index contributed by atoms with van der Waals surface area (Å²) in [6.07, 6.45) is 0. The molecular formula is C10H10Cl2N2O2. The number of hydrogen-bond acceptors (Lipinski definition) is 3. The lowest BCUT2D eigenvalue weighted by molar-refractivity contribution is -0.144. The molecule has 1 rings (SSSR count). The summed E-state index contributed by atoms with van der Waals surface area (Å²) >= 11 is 11.0. The van der Waals surface area contributed by atoms with Gasteiger partial charge in [-0.3, -0.25) is 0 Å². The molecule has 0 atom stereocenters. The maximum absolute atomic E-state index is 10.7. The second-order valence-electron chi connectivity index (χ2n) is 2.88. The van der Waals surface area contributed by atoms with Gasteiger partial charge >= 0.3 is 5.97 Å². The average Bonchev–Trinajstić information content (AvgIpc) is 2.29. The Hall–Kier alpha value is -1.26. The highest BCUT2D eigenvalue weighted by atomic mass is 35.5. The molecule has 1 aromatic carbocycles. The summed E-state index contributed by atoms with van der Waals surface area (Å²) in [5, 5.41) is 0.637. The van der Waals surface area contributed by atoms with E-state index in [1.807, 2.05) is 0 Å². The fourth-order valence-corrected chi connectivity index (χ4v) is 1.07. The van der Waals surface area contributed by atoms with Crippen molar-refractivity contribution in [2.24, 2.45) is 4.99 Å². The van der Waals surface area contributed by atoms with Crippen LogP contribution >= 0.6 is 23.2 Å². The van der Waals surface area contributed by atoms with Gasteiger partial charge in [-0.25, -0.2) is 15.3 Å². The summed E-state index contributed by atoms with van der Waals surface area (Å²) in [5.41, 5.74) is 3.08. The molecule has 0 saturated heterocycles. The molecule has 16 heavy (non-hydrogen) atoms. The van der Waals surface area contributed by atoms with Crippen LogP contribution in [-0.2, 0) is 9.63 Å². The Labute approximate surface area is 103 Å². The van der Waals surface area contributed by atoms with Crippen LogP contribution in [0.15, 0.2) is 29.3 Å². The number of rotatable bonds is 2. The third kappa shape index (κ3) is 4.51. The Balaban J connectivity index is 2.56. The molecule has 0 aliphatic heterocycles. The number of nitrogens with zero attached hydrogens (tertiary/aromatic N) is 1. The van der Waals surface area contributed by atoms with E-state index >= 15 is 0 Å². The van der Waals surface area contributed by atoms with Gasteiger partial charge in [0, 0.05) is 5.02 Å². The highest BCUT2D eigenvalue weighted by Crippen LogP contribution is 2.15. The van der Waals surface area contributed by atoms with E-state index in [-0.39, 0.29) is 5.88 Å². The van der Waals surface area contributed by atoms with Crippen molar-refractivity contribution in [2.45, 2.75) is 6.92 Å². The molecule has 1 N–H and O–H groups in total. The number of hydroxylamine groups is 1. The van der Waals surface area contributed by atoms with E-state index in [4.69, 9.17) is 23.2 Å². The quantitative estimate of drug-likeness (QED) is 0.385. The van der Waals surface area contributed by atoms with Crippen molar-refractivity contribution in [1.82, 2.24) is 5.48 Å². The molecule has 0 fully saturated rings. The molecule has 0 aliphatic carbocycles. The number of carbonyl (C=O) groups excluding carboxylic acids is 1. The van der Waals surface area contributed by atoms with Gasteiger partial charge < -0.3 is 4.84 Å². The zero-order chi connectivity index (χ0) is 12.0. The molecule has 4 nitrogen and oxygen atoms in total. The van der Waals surface area contributed by atoms with Crippen molar-refractivity contribution in [3.05, 3.63) is 29.3 Å². The zero-order valence-electron chi connectivity index (χ0n) is 8.54. The van der Waals surface area contributed by atoms with Crippen molar-refractivity contribution in [1.29, 1.82) is 0 Å².